The van der Waals surface area contributed by atoms with E-state index < -0.39 is 34.0 Å². The molecule has 1 aromatic rings. The number of hydrogen-bond acceptors (Lipinski definition) is 5. The molecule has 1 fully saturated rings. The highest BCUT2D eigenvalue weighted by Gasteiger charge is 2.38. The molecule has 0 saturated carbocycles. The first-order valence-electron chi connectivity index (χ1n) is 6.33. The fraction of sp³-hybridized carbons (Fsp3) is 0.385. The Morgan fingerprint density at radius 2 is 1.86 bits per heavy atom. The lowest BCUT2D eigenvalue weighted by Crippen LogP contribution is -2.40. The molecule has 1 aliphatic rings. The highest BCUT2D eigenvalue weighted by Crippen LogP contribution is 2.18. The van der Waals surface area contributed by atoms with Crippen molar-refractivity contribution in [3.63, 3.8) is 0 Å². The second-order valence-corrected chi connectivity index (χ2v) is 6.63. The van der Waals surface area contributed by atoms with Gasteiger partial charge in [0.1, 0.15) is 6.04 Å². The number of amides is 2. The number of rotatable bonds is 4. The maximum Gasteiger partial charge on any atom is 0.247 e. The number of aliphatic hydroxyl groups is 1. The number of carbonyl (C=O) groups excluding carboxylic acids is 2. The Morgan fingerprint density at radius 1 is 1.29 bits per heavy atom. The number of likely N-dealkylation sites (N-methyl/N-ethyl adjacent to an activating group) is 1. The molecule has 114 valence electrons. The fourth-order valence-corrected chi connectivity index (χ4v) is 3.22. The third-order valence-electron chi connectivity index (χ3n) is 3.35. The minimum atomic E-state index is -3.90. The lowest BCUT2D eigenvalue weighted by molar-refractivity contribution is -0.137. The number of imide groups is 1. The van der Waals surface area contributed by atoms with Crippen LogP contribution >= 0.6 is 0 Å². The van der Waals surface area contributed by atoms with E-state index in [0.29, 0.717) is 5.56 Å². The maximum atomic E-state index is 12.2. The van der Waals surface area contributed by atoms with Crippen molar-refractivity contribution >= 4 is 21.8 Å². The van der Waals surface area contributed by atoms with Gasteiger partial charge in [0.15, 0.2) is 0 Å². The van der Waals surface area contributed by atoms with Gasteiger partial charge in [0, 0.05) is 7.05 Å². The summed E-state index contributed by atoms with van der Waals surface area (Å²) in [7, 11) is -2.58. The Hall–Kier alpha value is -1.77. The van der Waals surface area contributed by atoms with Crippen molar-refractivity contribution in [2.24, 2.45) is 0 Å². The van der Waals surface area contributed by atoms with Crippen LogP contribution in [0.4, 0.5) is 0 Å². The largest absolute Gasteiger partial charge is 0.389 e. The van der Waals surface area contributed by atoms with Gasteiger partial charge in [-0.05, 0) is 24.6 Å². The quantitative estimate of drug-likeness (QED) is 0.748. The van der Waals surface area contributed by atoms with Crippen LogP contribution in [0.25, 0.3) is 0 Å². The van der Waals surface area contributed by atoms with Crippen molar-refractivity contribution in [2.45, 2.75) is 30.4 Å². The first-order chi connectivity index (χ1) is 9.72. The summed E-state index contributed by atoms with van der Waals surface area (Å²) in [5.74, 6) is -0.985. The van der Waals surface area contributed by atoms with Gasteiger partial charge in [-0.1, -0.05) is 12.1 Å². The average Bonchev–Trinajstić information content (AvgIpc) is 2.66. The van der Waals surface area contributed by atoms with E-state index in [9.17, 15) is 23.1 Å². The summed E-state index contributed by atoms with van der Waals surface area (Å²) >= 11 is 0. The van der Waals surface area contributed by atoms with E-state index in [1.165, 1.54) is 31.3 Å². The topological polar surface area (TPSA) is 104 Å². The molecular weight excluding hydrogens is 296 g/mol. The van der Waals surface area contributed by atoms with Crippen molar-refractivity contribution in [3.8, 4) is 0 Å². The SMILES string of the molecule is CC(O)c1ccc(S(=O)(=O)NC2CC(=O)N(C)C2=O)cc1. The molecule has 7 nitrogen and oxygen atoms in total. The fourth-order valence-electron chi connectivity index (χ4n) is 2.03. The van der Waals surface area contributed by atoms with E-state index >= 15 is 0 Å². The van der Waals surface area contributed by atoms with Crippen LogP contribution < -0.4 is 4.72 Å². The zero-order chi connectivity index (χ0) is 15.8. The first-order valence-corrected chi connectivity index (χ1v) is 7.81. The number of sulfonamides is 1. The monoisotopic (exact) mass is 312 g/mol. The summed E-state index contributed by atoms with van der Waals surface area (Å²) in [5.41, 5.74) is 0.584. The van der Waals surface area contributed by atoms with Crippen molar-refractivity contribution in [3.05, 3.63) is 29.8 Å². The number of nitrogens with zero attached hydrogens (tertiary/aromatic N) is 1. The smallest absolute Gasteiger partial charge is 0.247 e. The van der Waals surface area contributed by atoms with Gasteiger partial charge in [-0.2, -0.15) is 4.72 Å². The molecule has 8 heteroatoms. The molecule has 0 spiro atoms. The molecule has 21 heavy (non-hydrogen) atoms. The van der Waals surface area contributed by atoms with Gasteiger partial charge in [-0.15, -0.1) is 0 Å². The molecular formula is C13H16N2O5S. The van der Waals surface area contributed by atoms with Crippen LogP contribution in [0.5, 0.6) is 0 Å². The van der Waals surface area contributed by atoms with Crippen LogP contribution in [-0.2, 0) is 19.6 Å². The molecule has 0 bridgehead atoms. The molecule has 2 unspecified atom stereocenters. The van der Waals surface area contributed by atoms with Crippen LogP contribution in [0, 0.1) is 0 Å². The van der Waals surface area contributed by atoms with Crippen LogP contribution in [0.15, 0.2) is 29.2 Å². The molecule has 0 radical (unpaired) electrons. The summed E-state index contributed by atoms with van der Waals surface area (Å²) < 4.78 is 26.6. The number of aliphatic hydroxyl groups excluding tert-OH is 1. The number of likely N-dealkylation sites (tertiary alicyclic amines) is 1. The van der Waals surface area contributed by atoms with Crippen molar-refractivity contribution < 1.29 is 23.1 Å². The Bertz CT molecular complexity index is 666. The molecule has 0 aliphatic carbocycles. The van der Waals surface area contributed by atoms with Gasteiger partial charge < -0.3 is 5.11 Å². The van der Waals surface area contributed by atoms with Gasteiger partial charge in [0.05, 0.1) is 17.4 Å². The molecule has 2 atom stereocenters. The second kappa shape index (κ2) is 5.55. The summed E-state index contributed by atoms with van der Waals surface area (Å²) in [6, 6.07) is 4.61. The summed E-state index contributed by atoms with van der Waals surface area (Å²) in [5, 5.41) is 9.39. The third-order valence-corrected chi connectivity index (χ3v) is 4.84. The Balaban J connectivity index is 2.19. The summed E-state index contributed by atoms with van der Waals surface area (Å²) in [4.78, 5) is 24.0. The van der Waals surface area contributed by atoms with E-state index in [1.54, 1.807) is 6.92 Å². The summed E-state index contributed by atoms with van der Waals surface area (Å²) in [6.45, 7) is 1.57. The minimum Gasteiger partial charge on any atom is -0.389 e. The van der Waals surface area contributed by atoms with Crippen LogP contribution in [-0.4, -0.2) is 43.3 Å². The molecule has 1 heterocycles. The van der Waals surface area contributed by atoms with Crippen LogP contribution in [0.2, 0.25) is 0 Å². The van der Waals surface area contributed by atoms with Crippen LogP contribution in [0.1, 0.15) is 25.0 Å². The Kier molecular flexibility index (Phi) is 4.13. The van der Waals surface area contributed by atoms with Crippen molar-refractivity contribution in [2.75, 3.05) is 7.05 Å². The van der Waals surface area contributed by atoms with Gasteiger partial charge in [0.25, 0.3) is 0 Å². The van der Waals surface area contributed by atoms with Crippen molar-refractivity contribution in [1.29, 1.82) is 0 Å². The van der Waals surface area contributed by atoms with E-state index in [2.05, 4.69) is 4.72 Å². The number of hydrogen-bond donors (Lipinski definition) is 2. The minimum absolute atomic E-state index is 0.0262. The lowest BCUT2D eigenvalue weighted by atomic mass is 10.1. The Morgan fingerprint density at radius 3 is 2.29 bits per heavy atom. The van der Waals surface area contributed by atoms with E-state index in [0.717, 1.165) is 4.90 Å². The highest BCUT2D eigenvalue weighted by atomic mass is 32.2. The molecule has 2 rings (SSSR count). The first kappa shape index (κ1) is 15.6. The molecule has 1 aromatic carbocycles. The average molecular weight is 312 g/mol. The van der Waals surface area contributed by atoms with Crippen molar-refractivity contribution in [1.82, 2.24) is 9.62 Å². The molecule has 2 N–H and O–H groups in total. The van der Waals surface area contributed by atoms with Gasteiger partial charge >= 0.3 is 0 Å². The molecule has 2 amide bonds. The number of nitrogens with one attached hydrogen (secondary N) is 1. The van der Waals surface area contributed by atoms with E-state index in [1.807, 2.05) is 0 Å². The molecule has 1 saturated heterocycles. The van der Waals surface area contributed by atoms with E-state index in [4.69, 9.17) is 0 Å². The number of benzene rings is 1. The van der Waals surface area contributed by atoms with Gasteiger partial charge in [-0.3, -0.25) is 14.5 Å². The van der Waals surface area contributed by atoms with Crippen LogP contribution in [0.3, 0.4) is 0 Å². The predicted octanol–water partition coefficient (Wildman–Crippen LogP) is -0.225. The van der Waals surface area contributed by atoms with Gasteiger partial charge in [0.2, 0.25) is 21.8 Å². The van der Waals surface area contributed by atoms with E-state index in [-0.39, 0.29) is 11.3 Å². The summed E-state index contributed by atoms with van der Waals surface area (Å²) in [6.07, 6.45) is -0.877. The third kappa shape index (κ3) is 3.12. The molecule has 1 aliphatic heterocycles. The highest BCUT2D eigenvalue weighted by molar-refractivity contribution is 7.89. The second-order valence-electron chi connectivity index (χ2n) is 4.91. The normalized spacial score (nSPS) is 20.9. The lowest BCUT2D eigenvalue weighted by Gasteiger charge is -2.12. The zero-order valence-corrected chi connectivity index (χ0v) is 12.4. The Labute approximate surface area is 122 Å². The zero-order valence-electron chi connectivity index (χ0n) is 11.6. The predicted molar refractivity (Wildman–Crippen MR) is 73.6 cm³/mol. The standard InChI is InChI=1S/C13H16N2O5S/c1-8(16)9-3-5-10(6-4-9)21(19,20)14-11-7-12(17)15(2)13(11)18/h3-6,8,11,14,16H,7H2,1-2H3. The van der Waals surface area contributed by atoms with Gasteiger partial charge in [-0.25, -0.2) is 8.42 Å². The number of carbonyl (C=O) groups is 2. The maximum absolute atomic E-state index is 12.2. The molecule has 0 aromatic heterocycles.